The van der Waals surface area contributed by atoms with Gasteiger partial charge in [-0.05, 0) is 40.5 Å². The van der Waals surface area contributed by atoms with Crippen molar-refractivity contribution >= 4 is 14.5 Å². The van der Waals surface area contributed by atoms with Crippen LogP contribution >= 0.6 is 0 Å². The quantitative estimate of drug-likeness (QED) is 0.311. The summed E-state index contributed by atoms with van der Waals surface area (Å²) in [5.41, 5.74) is 0.818. The normalized spacial score (nSPS) is 11.0. The Morgan fingerprint density at radius 1 is 0.810 bits per heavy atom. The molecule has 0 aliphatic carbocycles. The maximum absolute atomic E-state index is 7.07. The van der Waals surface area contributed by atoms with Gasteiger partial charge in [-0.1, -0.05) is 33.1 Å². The molecule has 0 aromatic heterocycles. The Bertz CT molecular complexity index is 208. The summed E-state index contributed by atoms with van der Waals surface area (Å²) in [6.45, 7) is 14.1. The molecule has 0 aromatic carbocycles. The maximum Gasteiger partial charge on any atom is 0.500 e. The molecule has 0 saturated heterocycles. The minimum atomic E-state index is -2.30. The molecule has 0 saturated carbocycles. The molecule has 5 heteroatoms. The lowest BCUT2D eigenvalue weighted by Crippen LogP contribution is -2.45. The maximum atomic E-state index is 7.07. The van der Waals surface area contributed by atoms with Crippen LogP contribution in [0.25, 0.3) is 0 Å². The molecule has 0 spiro atoms. The third kappa shape index (κ3) is 14.5. The molecular formula is C16H37NO3Si. The van der Waals surface area contributed by atoms with Gasteiger partial charge in [-0.2, -0.15) is 0 Å². The molecule has 0 aliphatic heterocycles. The first-order valence-corrected chi connectivity index (χ1v) is 10.4. The average Bonchev–Trinajstić information content (AvgIpc) is 2.40. The second-order valence-corrected chi connectivity index (χ2v) is 7.70. The molecule has 0 fully saturated rings. The summed E-state index contributed by atoms with van der Waals surface area (Å²) in [6, 6.07) is 0.919. The first-order chi connectivity index (χ1) is 10.0. The van der Waals surface area contributed by atoms with E-state index in [1.807, 2.05) is 27.7 Å². The predicted octanol–water partition coefficient (Wildman–Crippen LogP) is 5.05. The zero-order valence-electron chi connectivity index (χ0n) is 15.1. The van der Waals surface area contributed by atoms with E-state index in [1.54, 1.807) is 0 Å². The second-order valence-electron chi connectivity index (χ2n) is 4.97. The molecule has 0 unspecified atom stereocenters. The van der Waals surface area contributed by atoms with Gasteiger partial charge >= 0.3 is 8.80 Å². The summed E-state index contributed by atoms with van der Waals surface area (Å²) in [6.07, 6.45) is 5.77. The molecule has 1 N–H and O–H groups in total. The summed E-state index contributed by atoms with van der Waals surface area (Å²) in [7, 11) is -2.30. The number of nitrogens with one attached hydrogen (secondary N) is 1. The SMILES string of the molecule is CCCCCC(C)=N.CCC[Si](OCC)(OCC)OCC. The Morgan fingerprint density at radius 3 is 1.57 bits per heavy atom. The van der Waals surface area contributed by atoms with Crippen molar-refractivity contribution in [2.45, 2.75) is 79.7 Å². The molecule has 0 aromatic rings. The molecule has 0 bridgehead atoms. The highest BCUT2D eigenvalue weighted by Crippen LogP contribution is 2.17. The van der Waals surface area contributed by atoms with E-state index in [-0.39, 0.29) is 0 Å². The molecule has 128 valence electrons. The molecule has 0 amide bonds. The van der Waals surface area contributed by atoms with Crippen molar-refractivity contribution < 1.29 is 13.3 Å². The lowest BCUT2D eigenvalue weighted by atomic mass is 10.1. The monoisotopic (exact) mass is 319 g/mol. The van der Waals surface area contributed by atoms with Gasteiger partial charge in [-0.3, -0.25) is 0 Å². The summed E-state index contributed by atoms with van der Waals surface area (Å²) in [4.78, 5) is 0. The van der Waals surface area contributed by atoms with E-state index in [4.69, 9.17) is 18.7 Å². The minimum Gasteiger partial charge on any atom is -0.374 e. The van der Waals surface area contributed by atoms with Gasteiger partial charge in [-0.25, -0.2) is 0 Å². The standard InChI is InChI=1S/C9H22O3Si.C7H15N/c1-5-9-13(10-6-2,11-7-3)12-8-4;1-3-4-5-6-7(2)8/h5-9H2,1-4H3;8H,3-6H2,1-2H3. The van der Waals surface area contributed by atoms with Crippen molar-refractivity contribution in [1.82, 2.24) is 0 Å². The van der Waals surface area contributed by atoms with E-state index in [9.17, 15) is 0 Å². The van der Waals surface area contributed by atoms with Crippen LogP contribution in [0.2, 0.25) is 6.04 Å². The smallest absolute Gasteiger partial charge is 0.374 e. The number of rotatable bonds is 12. The van der Waals surface area contributed by atoms with Crippen molar-refractivity contribution in [2.75, 3.05) is 19.8 Å². The van der Waals surface area contributed by atoms with Crippen LogP contribution in [-0.2, 0) is 13.3 Å². The van der Waals surface area contributed by atoms with Gasteiger partial charge in [0.05, 0.1) is 0 Å². The van der Waals surface area contributed by atoms with Crippen LogP contribution < -0.4 is 0 Å². The Balaban J connectivity index is 0. The molecule has 0 heterocycles. The number of unbranched alkanes of at least 4 members (excludes halogenated alkanes) is 2. The van der Waals surface area contributed by atoms with Crippen LogP contribution in [0, 0.1) is 5.41 Å². The van der Waals surface area contributed by atoms with Gasteiger partial charge in [0, 0.05) is 31.6 Å². The van der Waals surface area contributed by atoms with Crippen LogP contribution in [0.3, 0.4) is 0 Å². The van der Waals surface area contributed by atoms with Crippen molar-refractivity contribution in [3.8, 4) is 0 Å². The second kappa shape index (κ2) is 16.1. The average molecular weight is 320 g/mol. The van der Waals surface area contributed by atoms with Gasteiger partial charge in [0.15, 0.2) is 0 Å². The minimum absolute atomic E-state index is 0.673. The Morgan fingerprint density at radius 2 is 1.29 bits per heavy atom. The van der Waals surface area contributed by atoms with Crippen LogP contribution in [-0.4, -0.2) is 34.3 Å². The summed E-state index contributed by atoms with van der Waals surface area (Å²) < 4.78 is 16.9. The van der Waals surface area contributed by atoms with Crippen LogP contribution in [0.4, 0.5) is 0 Å². The van der Waals surface area contributed by atoms with E-state index in [0.29, 0.717) is 19.8 Å². The van der Waals surface area contributed by atoms with E-state index in [2.05, 4.69) is 13.8 Å². The summed E-state index contributed by atoms with van der Waals surface area (Å²) >= 11 is 0. The molecular weight excluding hydrogens is 282 g/mol. The van der Waals surface area contributed by atoms with E-state index in [1.165, 1.54) is 19.3 Å². The zero-order valence-corrected chi connectivity index (χ0v) is 16.1. The summed E-state index contributed by atoms with van der Waals surface area (Å²) in [5.74, 6) is 0. The predicted molar refractivity (Wildman–Crippen MR) is 93.3 cm³/mol. The van der Waals surface area contributed by atoms with Crippen molar-refractivity contribution in [1.29, 1.82) is 5.41 Å². The van der Waals surface area contributed by atoms with E-state index < -0.39 is 8.80 Å². The van der Waals surface area contributed by atoms with Crippen LogP contribution in [0.15, 0.2) is 0 Å². The number of hydrogen-bond acceptors (Lipinski definition) is 4. The Labute approximate surface area is 133 Å². The Hall–Kier alpha value is -0.233. The lowest BCUT2D eigenvalue weighted by Gasteiger charge is -2.27. The van der Waals surface area contributed by atoms with Gasteiger partial charge in [0.25, 0.3) is 0 Å². The van der Waals surface area contributed by atoms with Gasteiger partial charge in [-0.15, -0.1) is 0 Å². The molecule has 0 radical (unpaired) electrons. The van der Waals surface area contributed by atoms with Gasteiger partial charge in [0.2, 0.25) is 0 Å². The number of hydrogen-bond donors (Lipinski definition) is 1. The fourth-order valence-corrected chi connectivity index (χ4v) is 4.56. The molecule has 0 atom stereocenters. The molecule has 0 rings (SSSR count). The highest BCUT2D eigenvalue weighted by atomic mass is 28.4. The van der Waals surface area contributed by atoms with Crippen LogP contribution in [0.1, 0.15) is 73.6 Å². The highest BCUT2D eigenvalue weighted by Gasteiger charge is 2.38. The topological polar surface area (TPSA) is 51.5 Å². The first kappa shape index (κ1) is 23.0. The fourth-order valence-electron chi connectivity index (χ4n) is 1.95. The van der Waals surface area contributed by atoms with E-state index >= 15 is 0 Å². The largest absolute Gasteiger partial charge is 0.500 e. The zero-order chi connectivity index (χ0) is 16.6. The molecule has 0 aliphatic rings. The molecule has 21 heavy (non-hydrogen) atoms. The van der Waals surface area contributed by atoms with Crippen molar-refractivity contribution in [3.05, 3.63) is 0 Å². The van der Waals surface area contributed by atoms with Gasteiger partial charge in [0.1, 0.15) is 0 Å². The third-order valence-electron chi connectivity index (χ3n) is 2.80. The van der Waals surface area contributed by atoms with Crippen LogP contribution in [0.5, 0.6) is 0 Å². The fraction of sp³-hybridized carbons (Fsp3) is 0.938. The highest BCUT2D eigenvalue weighted by molar-refractivity contribution is 6.60. The summed E-state index contributed by atoms with van der Waals surface area (Å²) in [5, 5.41) is 7.07. The molecule has 4 nitrogen and oxygen atoms in total. The lowest BCUT2D eigenvalue weighted by molar-refractivity contribution is 0.0712. The van der Waals surface area contributed by atoms with Crippen molar-refractivity contribution in [2.24, 2.45) is 0 Å². The third-order valence-corrected chi connectivity index (χ3v) is 6.10. The van der Waals surface area contributed by atoms with Gasteiger partial charge < -0.3 is 18.7 Å². The van der Waals surface area contributed by atoms with E-state index in [0.717, 1.165) is 24.6 Å². The first-order valence-electron chi connectivity index (χ1n) is 8.47. The van der Waals surface area contributed by atoms with Crippen molar-refractivity contribution in [3.63, 3.8) is 0 Å². The Kier molecular flexibility index (Phi) is 17.7.